The Morgan fingerprint density at radius 1 is 1.31 bits per heavy atom. The number of likely N-dealkylation sites (tertiary alicyclic amines) is 1. The van der Waals surface area contributed by atoms with E-state index >= 15 is 0 Å². The third-order valence-corrected chi connectivity index (χ3v) is 3.32. The summed E-state index contributed by atoms with van der Waals surface area (Å²) < 4.78 is 0. The predicted octanol–water partition coefficient (Wildman–Crippen LogP) is 2.68. The molecule has 1 aliphatic carbocycles. The molecule has 0 aromatic carbocycles. The monoisotopic (exact) mass is 179 g/mol. The molecule has 0 aromatic heterocycles. The maximum atomic E-state index is 3.99. The minimum atomic E-state index is 1.02. The van der Waals surface area contributed by atoms with Crippen molar-refractivity contribution in [3.05, 3.63) is 12.2 Å². The van der Waals surface area contributed by atoms with E-state index in [1.807, 2.05) is 0 Å². The van der Waals surface area contributed by atoms with Gasteiger partial charge in [0.05, 0.1) is 0 Å². The molecule has 1 saturated carbocycles. The normalized spacial score (nSPS) is 30.4. The van der Waals surface area contributed by atoms with Crippen molar-refractivity contribution in [2.24, 2.45) is 11.8 Å². The molecule has 1 unspecified atom stereocenters. The Morgan fingerprint density at radius 2 is 2.08 bits per heavy atom. The van der Waals surface area contributed by atoms with E-state index in [0.717, 1.165) is 18.4 Å². The molecule has 1 saturated heterocycles. The van der Waals surface area contributed by atoms with Crippen molar-refractivity contribution >= 4 is 0 Å². The van der Waals surface area contributed by atoms with Crippen molar-refractivity contribution in [3.8, 4) is 0 Å². The fraction of sp³-hybridized carbons (Fsp3) is 0.833. The van der Waals surface area contributed by atoms with Gasteiger partial charge in [0.2, 0.25) is 0 Å². The zero-order valence-electron chi connectivity index (χ0n) is 8.76. The molecule has 1 heterocycles. The molecule has 1 heteroatoms. The van der Waals surface area contributed by atoms with Gasteiger partial charge in [-0.2, -0.15) is 0 Å². The molecule has 0 radical (unpaired) electrons. The third kappa shape index (κ3) is 2.57. The fourth-order valence-corrected chi connectivity index (χ4v) is 2.57. The van der Waals surface area contributed by atoms with Crippen LogP contribution < -0.4 is 0 Å². The summed E-state index contributed by atoms with van der Waals surface area (Å²) in [6, 6.07) is 0. The molecule has 0 spiro atoms. The Labute approximate surface area is 81.8 Å². The van der Waals surface area contributed by atoms with E-state index in [9.17, 15) is 0 Å². The van der Waals surface area contributed by atoms with E-state index < -0.39 is 0 Å². The second kappa shape index (κ2) is 3.83. The number of hydrogen-bond acceptors (Lipinski definition) is 1. The lowest BCUT2D eigenvalue weighted by Crippen LogP contribution is -2.37. The lowest BCUT2D eigenvalue weighted by atomic mass is 9.93. The van der Waals surface area contributed by atoms with Crippen LogP contribution in [0.3, 0.4) is 0 Å². The van der Waals surface area contributed by atoms with Gasteiger partial charge in [-0.1, -0.05) is 12.2 Å². The van der Waals surface area contributed by atoms with Crippen LogP contribution in [0.4, 0.5) is 0 Å². The van der Waals surface area contributed by atoms with E-state index in [2.05, 4.69) is 18.4 Å². The first-order valence-corrected chi connectivity index (χ1v) is 5.62. The topological polar surface area (TPSA) is 3.24 Å². The van der Waals surface area contributed by atoms with E-state index in [1.54, 1.807) is 0 Å². The lowest BCUT2D eigenvalue weighted by molar-refractivity contribution is 0.173. The van der Waals surface area contributed by atoms with Crippen LogP contribution >= 0.6 is 0 Å². The molecular formula is C12H21N. The van der Waals surface area contributed by atoms with Crippen LogP contribution in [0.2, 0.25) is 0 Å². The summed E-state index contributed by atoms with van der Waals surface area (Å²) in [4.78, 5) is 2.59. The number of nitrogens with zero attached hydrogens (tertiary/aromatic N) is 1. The molecule has 0 aromatic rings. The van der Waals surface area contributed by atoms with Gasteiger partial charge in [0.1, 0.15) is 0 Å². The van der Waals surface area contributed by atoms with Crippen LogP contribution in [0, 0.1) is 11.8 Å². The first-order valence-electron chi connectivity index (χ1n) is 5.62. The van der Waals surface area contributed by atoms with Crippen molar-refractivity contribution in [2.75, 3.05) is 19.6 Å². The molecule has 1 atom stereocenters. The molecule has 1 aliphatic heterocycles. The molecule has 2 rings (SSSR count). The smallest absolute Gasteiger partial charge is 0.0187 e. The highest BCUT2D eigenvalue weighted by atomic mass is 15.1. The molecule has 0 bridgehead atoms. The SMILES string of the molecule is C=C(C)CN1CCCC(C2CC2)C1. The van der Waals surface area contributed by atoms with E-state index in [0.29, 0.717) is 0 Å². The van der Waals surface area contributed by atoms with Crippen molar-refractivity contribution in [1.29, 1.82) is 0 Å². The molecule has 2 aliphatic rings. The minimum Gasteiger partial charge on any atom is -0.299 e. The molecule has 0 N–H and O–H groups in total. The summed E-state index contributed by atoms with van der Waals surface area (Å²) in [6.45, 7) is 9.91. The Hall–Kier alpha value is -0.300. The van der Waals surface area contributed by atoms with E-state index in [1.165, 1.54) is 44.3 Å². The van der Waals surface area contributed by atoms with Gasteiger partial charge in [-0.3, -0.25) is 4.90 Å². The third-order valence-electron chi connectivity index (χ3n) is 3.32. The summed E-state index contributed by atoms with van der Waals surface area (Å²) in [5, 5.41) is 0. The highest BCUT2D eigenvalue weighted by molar-refractivity contribution is 4.94. The van der Waals surface area contributed by atoms with E-state index in [-0.39, 0.29) is 0 Å². The van der Waals surface area contributed by atoms with Gasteiger partial charge in [-0.15, -0.1) is 0 Å². The quantitative estimate of drug-likeness (QED) is 0.602. The molecule has 13 heavy (non-hydrogen) atoms. The van der Waals surface area contributed by atoms with Crippen molar-refractivity contribution in [1.82, 2.24) is 4.90 Å². The Morgan fingerprint density at radius 3 is 2.69 bits per heavy atom. The van der Waals surface area contributed by atoms with Gasteiger partial charge in [0.25, 0.3) is 0 Å². The van der Waals surface area contributed by atoms with Crippen LogP contribution in [0.1, 0.15) is 32.6 Å². The Bertz CT molecular complexity index is 193. The van der Waals surface area contributed by atoms with Crippen molar-refractivity contribution < 1.29 is 0 Å². The molecular weight excluding hydrogens is 158 g/mol. The Balaban J connectivity index is 1.80. The standard InChI is InChI=1S/C12H21N/c1-10(2)8-13-7-3-4-12(9-13)11-5-6-11/h11-12H,1,3-9H2,2H3. The predicted molar refractivity (Wildman–Crippen MR) is 56.7 cm³/mol. The minimum absolute atomic E-state index is 1.02. The zero-order chi connectivity index (χ0) is 9.26. The largest absolute Gasteiger partial charge is 0.299 e. The van der Waals surface area contributed by atoms with Gasteiger partial charge >= 0.3 is 0 Å². The lowest BCUT2D eigenvalue weighted by Gasteiger charge is -2.32. The fourth-order valence-electron chi connectivity index (χ4n) is 2.57. The molecule has 0 amide bonds. The Kier molecular flexibility index (Phi) is 2.73. The number of rotatable bonds is 3. The van der Waals surface area contributed by atoms with Crippen molar-refractivity contribution in [2.45, 2.75) is 32.6 Å². The highest BCUT2D eigenvalue weighted by Crippen LogP contribution is 2.40. The maximum Gasteiger partial charge on any atom is 0.0187 e. The van der Waals surface area contributed by atoms with Crippen LogP contribution in [0.15, 0.2) is 12.2 Å². The van der Waals surface area contributed by atoms with E-state index in [4.69, 9.17) is 0 Å². The second-order valence-electron chi connectivity index (χ2n) is 4.93. The second-order valence-corrected chi connectivity index (χ2v) is 4.93. The summed E-state index contributed by atoms with van der Waals surface area (Å²) >= 11 is 0. The van der Waals surface area contributed by atoms with Crippen LogP contribution in [0.5, 0.6) is 0 Å². The van der Waals surface area contributed by atoms with Crippen molar-refractivity contribution in [3.63, 3.8) is 0 Å². The van der Waals surface area contributed by atoms with Gasteiger partial charge in [-0.25, -0.2) is 0 Å². The summed E-state index contributed by atoms with van der Waals surface area (Å²) in [7, 11) is 0. The summed E-state index contributed by atoms with van der Waals surface area (Å²) in [5.74, 6) is 2.11. The molecule has 74 valence electrons. The van der Waals surface area contributed by atoms with Gasteiger partial charge in [-0.05, 0) is 51.0 Å². The first-order chi connectivity index (χ1) is 6.25. The van der Waals surface area contributed by atoms with Gasteiger partial charge in [0.15, 0.2) is 0 Å². The number of hydrogen-bond donors (Lipinski definition) is 0. The molecule has 1 nitrogen and oxygen atoms in total. The average Bonchev–Trinajstić information content (AvgIpc) is 2.85. The first kappa shape index (κ1) is 9.26. The van der Waals surface area contributed by atoms with Gasteiger partial charge in [0, 0.05) is 13.1 Å². The summed E-state index contributed by atoms with van der Waals surface area (Å²) in [5.41, 5.74) is 1.32. The summed E-state index contributed by atoms with van der Waals surface area (Å²) in [6.07, 6.45) is 5.91. The highest BCUT2D eigenvalue weighted by Gasteiger charge is 2.33. The molecule has 2 fully saturated rings. The van der Waals surface area contributed by atoms with Crippen LogP contribution in [-0.2, 0) is 0 Å². The van der Waals surface area contributed by atoms with Gasteiger partial charge < -0.3 is 0 Å². The average molecular weight is 179 g/mol. The maximum absolute atomic E-state index is 3.99. The van der Waals surface area contributed by atoms with Crippen LogP contribution in [0.25, 0.3) is 0 Å². The zero-order valence-corrected chi connectivity index (χ0v) is 8.76. The van der Waals surface area contributed by atoms with Crippen LogP contribution in [-0.4, -0.2) is 24.5 Å². The number of piperidine rings is 1.